The van der Waals surface area contributed by atoms with Crippen LogP contribution in [-0.4, -0.2) is 41.8 Å². The summed E-state index contributed by atoms with van der Waals surface area (Å²) >= 11 is 0. The second kappa shape index (κ2) is 8.44. The van der Waals surface area contributed by atoms with Crippen LogP contribution in [0.1, 0.15) is 23.3 Å². The highest BCUT2D eigenvalue weighted by atomic mass is 16.5. The van der Waals surface area contributed by atoms with Gasteiger partial charge in [0.25, 0.3) is 5.91 Å². The van der Waals surface area contributed by atoms with Crippen molar-refractivity contribution in [3.8, 4) is 0 Å². The topological polar surface area (TPSA) is 91.8 Å². The lowest BCUT2D eigenvalue weighted by Gasteiger charge is -2.22. The molecule has 0 saturated carbocycles. The zero-order valence-electron chi connectivity index (χ0n) is 14.3. The Balaban J connectivity index is 1.66. The Morgan fingerprint density at radius 1 is 1.12 bits per heavy atom. The predicted molar refractivity (Wildman–Crippen MR) is 96.7 cm³/mol. The van der Waals surface area contributed by atoms with Crippen molar-refractivity contribution in [3.63, 3.8) is 0 Å². The minimum Gasteiger partial charge on any atom is -0.464 e. The number of aromatic nitrogens is 1. The third-order valence-electron chi connectivity index (χ3n) is 4.34. The molecule has 1 saturated heterocycles. The number of para-hydroxylation sites is 1. The number of carbonyl (C=O) groups is 2. The van der Waals surface area contributed by atoms with Crippen molar-refractivity contribution in [1.29, 1.82) is 0 Å². The molecular formula is C19H21N3O4. The van der Waals surface area contributed by atoms with Gasteiger partial charge in [-0.15, -0.1) is 0 Å². The normalized spacial score (nSPS) is 14.6. The van der Waals surface area contributed by atoms with Crippen LogP contribution in [0, 0.1) is 5.92 Å². The summed E-state index contributed by atoms with van der Waals surface area (Å²) in [5.41, 5.74) is 1.16. The van der Waals surface area contributed by atoms with Gasteiger partial charge in [-0.1, -0.05) is 18.2 Å². The molecule has 0 aliphatic carbocycles. The van der Waals surface area contributed by atoms with E-state index in [-0.39, 0.29) is 11.6 Å². The van der Waals surface area contributed by atoms with Crippen molar-refractivity contribution in [3.05, 3.63) is 54.4 Å². The van der Waals surface area contributed by atoms with Crippen LogP contribution in [0.25, 0.3) is 0 Å². The fourth-order valence-corrected chi connectivity index (χ4v) is 2.88. The van der Waals surface area contributed by atoms with Gasteiger partial charge in [-0.3, -0.25) is 4.79 Å². The number of nitrogens with one attached hydrogen (secondary N) is 1. The van der Waals surface area contributed by atoms with Crippen LogP contribution in [0.5, 0.6) is 0 Å². The van der Waals surface area contributed by atoms with Crippen LogP contribution in [0.2, 0.25) is 0 Å². The number of benzene rings is 1. The summed E-state index contributed by atoms with van der Waals surface area (Å²) in [6.45, 7) is 2.06. The molecule has 3 rings (SSSR count). The van der Waals surface area contributed by atoms with Gasteiger partial charge < -0.3 is 15.2 Å². The monoisotopic (exact) mass is 355 g/mol. The third-order valence-corrected chi connectivity index (χ3v) is 4.34. The summed E-state index contributed by atoms with van der Waals surface area (Å²) in [5, 5.41) is 12.4. The van der Waals surface area contributed by atoms with Crippen molar-refractivity contribution in [1.82, 2.24) is 10.3 Å². The van der Waals surface area contributed by atoms with Gasteiger partial charge in [-0.2, -0.15) is 0 Å². The second-order valence-corrected chi connectivity index (χ2v) is 6.12. The van der Waals surface area contributed by atoms with E-state index in [2.05, 4.69) is 10.3 Å². The summed E-state index contributed by atoms with van der Waals surface area (Å²) in [6, 6.07) is 11.8. The second-order valence-electron chi connectivity index (χ2n) is 6.12. The van der Waals surface area contributed by atoms with Crippen molar-refractivity contribution in [2.24, 2.45) is 5.92 Å². The molecular weight excluding hydrogens is 334 g/mol. The largest absolute Gasteiger partial charge is 0.464 e. The Kier molecular flexibility index (Phi) is 5.80. The lowest BCUT2D eigenvalue weighted by Crippen LogP contribution is -2.32. The Labute approximate surface area is 151 Å². The predicted octanol–water partition coefficient (Wildman–Crippen LogP) is 3.05. The molecule has 0 radical (unpaired) electrons. The Hall–Kier alpha value is -2.93. The number of pyridine rings is 1. The van der Waals surface area contributed by atoms with Gasteiger partial charge in [0, 0.05) is 19.8 Å². The van der Waals surface area contributed by atoms with E-state index in [1.54, 1.807) is 30.3 Å². The molecule has 0 spiro atoms. The van der Waals surface area contributed by atoms with E-state index >= 15 is 0 Å². The minimum absolute atomic E-state index is 0.260. The Morgan fingerprint density at radius 2 is 1.85 bits per heavy atom. The first-order valence-electron chi connectivity index (χ1n) is 8.55. The fourth-order valence-electron chi connectivity index (χ4n) is 2.88. The summed E-state index contributed by atoms with van der Waals surface area (Å²) in [5.74, 6) is 0.164. The molecule has 7 heteroatoms. The quantitative estimate of drug-likeness (QED) is 0.860. The lowest BCUT2D eigenvalue weighted by molar-refractivity contribution is 0.0642. The third kappa shape index (κ3) is 4.37. The van der Waals surface area contributed by atoms with Gasteiger partial charge in [0.2, 0.25) is 0 Å². The summed E-state index contributed by atoms with van der Waals surface area (Å²) in [6.07, 6.45) is 2.16. The van der Waals surface area contributed by atoms with Gasteiger partial charge >= 0.3 is 6.09 Å². The number of hydrogen-bond donors (Lipinski definition) is 2. The molecule has 136 valence electrons. The molecule has 0 atom stereocenters. The Morgan fingerprint density at radius 3 is 2.46 bits per heavy atom. The number of amides is 2. The molecule has 26 heavy (non-hydrogen) atoms. The van der Waals surface area contributed by atoms with E-state index in [9.17, 15) is 14.7 Å². The molecule has 2 amide bonds. The van der Waals surface area contributed by atoms with Crippen molar-refractivity contribution in [2.45, 2.75) is 12.8 Å². The maximum atomic E-state index is 12.2. The average molecular weight is 355 g/mol. The summed E-state index contributed by atoms with van der Waals surface area (Å²) in [7, 11) is 0. The first kappa shape index (κ1) is 17.9. The highest BCUT2D eigenvalue weighted by Crippen LogP contribution is 2.24. The first-order valence-corrected chi connectivity index (χ1v) is 8.55. The minimum atomic E-state index is -1.12. The summed E-state index contributed by atoms with van der Waals surface area (Å²) in [4.78, 5) is 29.1. The van der Waals surface area contributed by atoms with E-state index in [0.717, 1.165) is 31.0 Å². The molecule has 2 aromatic rings. The number of hydrogen-bond acceptors (Lipinski definition) is 4. The molecule has 1 aromatic heterocycles. The molecule has 1 aliphatic rings. The van der Waals surface area contributed by atoms with Gasteiger partial charge in [0.1, 0.15) is 5.69 Å². The highest BCUT2D eigenvalue weighted by molar-refractivity contribution is 5.96. The van der Waals surface area contributed by atoms with Gasteiger partial charge in [0.15, 0.2) is 0 Å². The number of nitrogens with zero attached hydrogens (tertiary/aromatic N) is 2. The van der Waals surface area contributed by atoms with Gasteiger partial charge in [0.05, 0.1) is 17.6 Å². The standard InChI is InChI=1S/C19H21N3O4/c23-18(21-12-14-8-10-26-11-9-14)17-7-6-16(13-20-17)22(19(24)25)15-4-2-1-3-5-15/h1-7,13-14H,8-12H2,(H,21,23)(H,24,25). The SMILES string of the molecule is O=C(NCC1CCOCC1)c1ccc(N(C(=O)O)c2ccccc2)cn1. The van der Waals surface area contributed by atoms with Crippen molar-refractivity contribution in [2.75, 3.05) is 24.7 Å². The van der Waals surface area contributed by atoms with E-state index in [1.807, 2.05) is 6.07 Å². The van der Waals surface area contributed by atoms with Crippen LogP contribution in [0.4, 0.5) is 16.2 Å². The zero-order chi connectivity index (χ0) is 18.4. The van der Waals surface area contributed by atoms with E-state index in [4.69, 9.17) is 4.74 Å². The number of anilines is 2. The smallest absolute Gasteiger partial charge is 0.416 e. The van der Waals surface area contributed by atoms with Crippen LogP contribution in [-0.2, 0) is 4.74 Å². The molecule has 1 aliphatic heterocycles. The molecule has 0 bridgehead atoms. The fraction of sp³-hybridized carbons (Fsp3) is 0.316. The van der Waals surface area contributed by atoms with E-state index in [0.29, 0.717) is 23.8 Å². The van der Waals surface area contributed by atoms with Gasteiger partial charge in [-0.25, -0.2) is 14.7 Å². The molecule has 1 fully saturated rings. The number of ether oxygens (including phenoxy) is 1. The zero-order valence-corrected chi connectivity index (χ0v) is 14.3. The van der Waals surface area contributed by atoms with E-state index < -0.39 is 6.09 Å². The van der Waals surface area contributed by atoms with Crippen LogP contribution >= 0.6 is 0 Å². The van der Waals surface area contributed by atoms with Crippen LogP contribution in [0.15, 0.2) is 48.7 Å². The maximum Gasteiger partial charge on any atom is 0.416 e. The van der Waals surface area contributed by atoms with Gasteiger partial charge in [-0.05, 0) is 43.0 Å². The molecule has 2 heterocycles. The average Bonchev–Trinajstić information content (AvgIpc) is 2.68. The highest BCUT2D eigenvalue weighted by Gasteiger charge is 2.19. The molecule has 7 nitrogen and oxygen atoms in total. The van der Waals surface area contributed by atoms with E-state index in [1.165, 1.54) is 12.3 Å². The lowest BCUT2D eigenvalue weighted by atomic mass is 10.0. The maximum absolute atomic E-state index is 12.2. The number of carbonyl (C=O) groups excluding carboxylic acids is 1. The van der Waals surface area contributed by atoms with Crippen molar-refractivity contribution >= 4 is 23.4 Å². The van der Waals surface area contributed by atoms with Crippen LogP contribution in [0.3, 0.4) is 0 Å². The number of rotatable bonds is 5. The first-order chi connectivity index (χ1) is 12.6. The number of carboxylic acid groups (broad SMARTS) is 1. The molecule has 1 aromatic carbocycles. The summed E-state index contributed by atoms with van der Waals surface area (Å²) < 4.78 is 5.30. The van der Waals surface area contributed by atoms with Crippen LogP contribution < -0.4 is 10.2 Å². The molecule has 2 N–H and O–H groups in total. The van der Waals surface area contributed by atoms with Crippen molar-refractivity contribution < 1.29 is 19.4 Å². The molecule has 0 unspecified atom stereocenters. The Bertz CT molecular complexity index is 743.